The Morgan fingerprint density at radius 3 is 2.22 bits per heavy atom. The van der Waals surface area contributed by atoms with Gasteiger partial charge in [-0.15, -0.1) is 0 Å². The quantitative estimate of drug-likeness (QED) is 0.582. The molecular formula is C19H20O4. The van der Waals surface area contributed by atoms with Gasteiger partial charge in [0.25, 0.3) is 0 Å². The summed E-state index contributed by atoms with van der Waals surface area (Å²) in [6.07, 6.45) is 1.51. The average molecular weight is 312 g/mol. The van der Waals surface area contributed by atoms with Gasteiger partial charge in [-0.1, -0.05) is 24.3 Å². The minimum Gasteiger partial charge on any atom is -0.493 e. The average Bonchev–Trinajstić information content (AvgIpc) is 2.57. The van der Waals surface area contributed by atoms with Crippen molar-refractivity contribution in [3.05, 3.63) is 58.7 Å². The number of Topliss-reactive ketones (excluding diaryl/α,β-unsaturated/α-hetero) is 1. The largest absolute Gasteiger partial charge is 0.493 e. The summed E-state index contributed by atoms with van der Waals surface area (Å²) in [7, 11) is 3.16. The van der Waals surface area contributed by atoms with Gasteiger partial charge in [0.05, 0.1) is 14.2 Å². The number of benzene rings is 2. The Hall–Kier alpha value is -2.62. The maximum absolute atomic E-state index is 12.4. The third-order valence-electron chi connectivity index (χ3n) is 3.79. The standard InChI is InChI=1S/C19H20O4/c1-13-10-18(22-2)19(23-3)12-16(13)11-17(21)15-6-4-14(5-7-15)8-9-20/h4-7,9-10,12H,8,11H2,1-3H3. The van der Waals surface area contributed by atoms with E-state index in [0.717, 1.165) is 23.0 Å². The number of aldehydes is 1. The van der Waals surface area contributed by atoms with E-state index in [0.29, 0.717) is 29.9 Å². The summed E-state index contributed by atoms with van der Waals surface area (Å²) in [5.41, 5.74) is 3.42. The van der Waals surface area contributed by atoms with Crippen LogP contribution >= 0.6 is 0 Å². The predicted molar refractivity (Wildman–Crippen MR) is 88.5 cm³/mol. The van der Waals surface area contributed by atoms with E-state index in [9.17, 15) is 9.59 Å². The molecule has 0 heterocycles. The molecule has 0 amide bonds. The van der Waals surface area contributed by atoms with Gasteiger partial charge in [-0.25, -0.2) is 0 Å². The van der Waals surface area contributed by atoms with Gasteiger partial charge >= 0.3 is 0 Å². The van der Waals surface area contributed by atoms with Crippen LogP contribution in [0, 0.1) is 6.92 Å². The normalized spacial score (nSPS) is 10.2. The van der Waals surface area contributed by atoms with Crippen molar-refractivity contribution in [2.75, 3.05) is 14.2 Å². The Morgan fingerprint density at radius 1 is 1.04 bits per heavy atom. The van der Waals surface area contributed by atoms with Gasteiger partial charge in [0.2, 0.25) is 0 Å². The topological polar surface area (TPSA) is 52.6 Å². The number of hydrogen-bond donors (Lipinski definition) is 0. The van der Waals surface area contributed by atoms with Crippen molar-refractivity contribution in [1.82, 2.24) is 0 Å². The molecule has 4 nitrogen and oxygen atoms in total. The molecule has 0 atom stereocenters. The molecule has 23 heavy (non-hydrogen) atoms. The summed E-state index contributed by atoms with van der Waals surface area (Å²) in [6, 6.07) is 10.8. The molecule has 2 aromatic carbocycles. The van der Waals surface area contributed by atoms with Crippen molar-refractivity contribution in [2.45, 2.75) is 19.8 Å². The Labute approximate surface area is 136 Å². The van der Waals surface area contributed by atoms with Crippen molar-refractivity contribution in [2.24, 2.45) is 0 Å². The van der Waals surface area contributed by atoms with Gasteiger partial charge in [-0.3, -0.25) is 4.79 Å². The van der Waals surface area contributed by atoms with Crippen LogP contribution in [0.15, 0.2) is 36.4 Å². The predicted octanol–water partition coefficient (Wildman–Crippen LogP) is 3.18. The molecule has 0 unspecified atom stereocenters. The third kappa shape index (κ3) is 3.97. The van der Waals surface area contributed by atoms with E-state index in [2.05, 4.69) is 0 Å². The highest BCUT2D eigenvalue weighted by atomic mass is 16.5. The first-order valence-corrected chi connectivity index (χ1v) is 7.36. The third-order valence-corrected chi connectivity index (χ3v) is 3.79. The first-order chi connectivity index (χ1) is 11.1. The van der Waals surface area contributed by atoms with E-state index in [1.165, 1.54) is 0 Å². The van der Waals surface area contributed by atoms with Crippen molar-refractivity contribution in [3.8, 4) is 11.5 Å². The summed E-state index contributed by atoms with van der Waals surface area (Å²) >= 11 is 0. The minimum atomic E-state index is 0.0259. The van der Waals surface area contributed by atoms with Gasteiger partial charge in [-0.2, -0.15) is 0 Å². The first kappa shape index (κ1) is 16.7. The highest BCUT2D eigenvalue weighted by Crippen LogP contribution is 2.30. The molecule has 2 aromatic rings. The fourth-order valence-electron chi connectivity index (χ4n) is 2.41. The minimum absolute atomic E-state index is 0.0259. The molecule has 0 aliphatic rings. The van der Waals surface area contributed by atoms with Crippen LogP contribution in [-0.2, 0) is 17.6 Å². The fraction of sp³-hybridized carbons (Fsp3) is 0.263. The molecule has 0 saturated heterocycles. The van der Waals surface area contributed by atoms with E-state index < -0.39 is 0 Å². The van der Waals surface area contributed by atoms with Crippen LogP contribution in [0.1, 0.15) is 27.0 Å². The molecule has 120 valence electrons. The number of aryl methyl sites for hydroxylation is 1. The highest BCUT2D eigenvalue weighted by molar-refractivity contribution is 5.97. The van der Waals surface area contributed by atoms with Crippen LogP contribution in [0.5, 0.6) is 11.5 Å². The molecule has 0 bridgehead atoms. The van der Waals surface area contributed by atoms with E-state index in [1.54, 1.807) is 26.4 Å². The maximum atomic E-state index is 12.4. The number of hydrogen-bond acceptors (Lipinski definition) is 4. The molecular weight excluding hydrogens is 292 g/mol. The number of rotatable bonds is 7. The van der Waals surface area contributed by atoms with Gasteiger partial charge in [0, 0.05) is 18.4 Å². The molecule has 0 N–H and O–H groups in total. The summed E-state index contributed by atoms with van der Waals surface area (Å²) in [4.78, 5) is 22.9. The number of carbonyl (C=O) groups is 2. The Balaban J connectivity index is 2.21. The number of methoxy groups -OCH3 is 2. The van der Waals surface area contributed by atoms with Crippen LogP contribution in [0.2, 0.25) is 0 Å². The Bertz CT molecular complexity index is 702. The molecule has 4 heteroatoms. The summed E-state index contributed by atoms with van der Waals surface area (Å²) < 4.78 is 10.6. The van der Waals surface area contributed by atoms with Crippen molar-refractivity contribution in [1.29, 1.82) is 0 Å². The zero-order chi connectivity index (χ0) is 16.8. The zero-order valence-corrected chi connectivity index (χ0v) is 13.6. The number of ether oxygens (including phenoxy) is 2. The molecule has 0 saturated carbocycles. The first-order valence-electron chi connectivity index (χ1n) is 7.36. The molecule has 0 radical (unpaired) electrons. The van der Waals surface area contributed by atoms with Crippen LogP contribution in [0.3, 0.4) is 0 Å². The van der Waals surface area contributed by atoms with E-state index >= 15 is 0 Å². The number of ketones is 1. The van der Waals surface area contributed by atoms with Gasteiger partial charge in [-0.05, 0) is 35.7 Å². The lowest BCUT2D eigenvalue weighted by Gasteiger charge is -2.12. The second kappa shape index (κ2) is 7.58. The summed E-state index contributed by atoms with van der Waals surface area (Å²) in [5, 5.41) is 0. The van der Waals surface area contributed by atoms with Gasteiger partial charge in [0.1, 0.15) is 6.29 Å². The van der Waals surface area contributed by atoms with Crippen LogP contribution < -0.4 is 9.47 Å². The zero-order valence-electron chi connectivity index (χ0n) is 13.6. The van der Waals surface area contributed by atoms with Crippen molar-refractivity contribution < 1.29 is 19.1 Å². The molecule has 0 fully saturated rings. The van der Waals surface area contributed by atoms with Gasteiger partial charge in [0.15, 0.2) is 17.3 Å². The lowest BCUT2D eigenvalue weighted by Crippen LogP contribution is -2.06. The summed E-state index contributed by atoms with van der Waals surface area (Å²) in [5.74, 6) is 1.29. The Morgan fingerprint density at radius 2 is 1.65 bits per heavy atom. The molecule has 0 aliphatic heterocycles. The van der Waals surface area contributed by atoms with Crippen molar-refractivity contribution in [3.63, 3.8) is 0 Å². The monoisotopic (exact) mass is 312 g/mol. The van der Waals surface area contributed by atoms with E-state index in [4.69, 9.17) is 9.47 Å². The van der Waals surface area contributed by atoms with Gasteiger partial charge < -0.3 is 14.3 Å². The summed E-state index contributed by atoms with van der Waals surface area (Å²) in [6.45, 7) is 1.94. The second-order valence-corrected chi connectivity index (χ2v) is 5.30. The molecule has 0 aromatic heterocycles. The van der Waals surface area contributed by atoms with Crippen molar-refractivity contribution >= 4 is 12.1 Å². The van der Waals surface area contributed by atoms with Crippen LogP contribution in [0.4, 0.5) is 0 Å². The van der Waals surface area contributed by atoms with E-state index in [1.807, 2.05) is 31.2 Å². The fourth-order valence-corrected chi connectivity index (χ4v) is 2.41. The highest BCUT2D eigenvalue weighted by Gasteiger charge is 2.13. The lowest BCUT2D eigenvalue weighted by atomic mass is 9.98. The lowest BCUT2D eigenvalue weighted by molar-refractivity contribution is -0.107. The maximum Gasteiger partial charge on any atom is 0.167 e. The Kier molecular flexibility index (Phi) is 5.52. The molecule has 2 rings (SSSR count). The van der Waals surface area contributed by atoms with Crippen LogP contribution in [0.25, 0.3) is 0 Å². The molecule has 0 spiro atoms. The second-order valence-electron chi connectivity index (χ2n) is 5.30. The smallest absolute Gasteiger partial charge is 0.167 e. The molecule has 0 aliphatic carbocycles. The SMILES string of the molecule is COc1cc(C)c(CC(=O)c2ccc(CC=O)cc2)cc1OC. The number of carbonyl (C=O) groups excluding carboxylic acids is 2. The van der Waals surface area contributed by atoms with Crippen LogP contribution in [-0.4, -0.2) is 26.3 Å². The van der Waals surface area contributed by atoms with E-state index in [-0.39, 0.29) is 5.78 Å².